The molecule has 1 nitrogen and oxygen atoms in total. The van der Waals surface area contributed by atoms with Crippen LogP contribution in [0.2, 0.25) is 0 Å². The Kier molecular flexibility index (Phi) is 10.1. The number of nitrogens with zero attached hydrogens (tertiary/aromatic N) is 1. The average Bonchev–Trinajstić information content (AvgIpc) is 4.23. The van der Waals surface area contributed by atoms with Crippen LogP contribution in [0, 0.1) is 13.8 Å². The quantitative estimate of drug-likeness (QED) is 0.147. The number of rotatable bonds is 8. The molecule has 0 saturated carbocycles. The summed E-state index contributed by atoms with van der Waals surface area (Å²) in [5.74, 6) is 0. The van der Waals surface area contributed by atoms with Gasteiger partial charge < -0.3 is 4.90 Å². The highest BCUT2D eigenvalue weighted by Crippen LogP contribution is 2.63. The van der Waals surface area contributed by atoms with Crippen molar-refractivity contribution in [3.05, 3.63) is 299 Å². The molecule has 0 heterocycles. The van der Waals surface area contributed by atoms with Crippen molar-refractivity contribution < 1.29 is 0 Å². The zero-order valence-electron chi connectivity index (χ0n) is 42.8. The van der Waals surface area contributed by atoms with Crippen LogP contribution in [0.4, 0.5) is 17.1 Å². The van der Waals surface area contributed by atoms with E-state index in [0.29, 0.717) is 0 Å². The van der Waals surface area contributed by atoms with Crippen LogP contribution in [0.3, 0.4) is 0 Å². The third-order valence-electron chi connectivity index (χ3n) is 16.9. The molecule has 1 unspecified atom stereocenters. The highest BCUT2D eigenvalue weighted by atomic mass is 15.1. The normalized spacial score (nSPS) is 14.9. The molecule has 0 radical (unpaired) electrons. The van der Waals surface area contributed by atoms with E-state index in [2.05, 4.69) is 282 Å². The lowest BCUT2D eigenvalue weighted by molar-refractivity contribution is 0.660. The van der Waals surface area contributed by atoms with E-state index < -0.39 is 5.41 Å². The first-order chi connectivity index (χ1) is 36.7. The summed E-state index contributed by atoms with van der Waals surface area (Å²) in [6.07, 6.45) is 1.91. The summed E-state index contributed by atoms with van der Waals surface area (Å²) >= 11 is 0. The Balaban J connectivity index is 0.847. The third-order valence-corrected chi connectivity index (χ3v) is 16.9. The zero-order valence-corrected chi connectivity index (χ0v) is 42.8. The summed E-state index contributed by atoms with van der Waals surface area (Å²) in [5.41, 5.74) is 32.2. The molecule has 75 heavy (non-hydrogen) atoms. The Morgan fingerprint density at radius 3 is 1.31 bits per heavy atom. The van der Waals surface area contributed by atoms with Crippen molar-refractivity contribution in [1.82, 2.24) is 0 Å². The summed E-state index contributed by atoms with van der Waals surface area (Å²) in [7, 11) is 0. The van der Waals surface area contributed by atoms with Crippen LogP contribution in [0.5, 0.6) is 0 Å². The highest BCUT2D eigenvalue weighted by molar-refractivity contribution is 5.97. The van der Waals surface area contributed by atoms with Crippen molar-refractivity contribution in [2.24, 2.45) is 0 Å². The van der Waals surface area contributed by atoms with Gasteiger partial charge in [-0.1, -0.05) is 221 Å². The molecule has 3 aliphatic rings. The molecule has 14 rings (SSSR count). The zero-order chi connectivity index (χ0) is 50.6. The maximum absolute atomic E-state index is 4.00. The van der Waals surface area contributed by atoms with E-state index in [9.17, 15) is 0 Å². The van der Waals surface area contributed by atoms with E-state index in [1.165, 1.54) is 122 Å². The van der Waals surface area contributed by atoms with Crippen LogP contribution < -0.4 is 4.90 Å². The van der Waals surface area contributed by atoms with Gasteiger partial charge in [0.2, 0.25) is 0 Å². The van der Waals surface area contributed by atoms with Gasteiger partial charge in [-0.15, -0.1) is 0 Å². The minimum atomic E-state index is -0.464. The largest absolute Gasteiger partial charge is 0.310 e. The predicted octanol–water partition coefficient (Wildman–Crippen LogP) is 19.7. The van der Waals surface area contributed by atoms with Gasteiger partial charge >= 0.3 is 0 Å². The Morgan fingerprint density at radius 1 is 0.307 bits per heavy atom. The fourth-order valence-electron chi connectivity index (χ4n) is 13.2. The van der Waals surface area contributed by atoms with Crippen molar-refractivity contribution in [2.75, 3.05) is 4.90 Å². The van der Waals surface area contributed by atoms with Gasteiger partial charge in [0, 0.05) is 22.5 Å². The summed E-state index contributed by atoms with van der Waals surface area (Å²) in [6.45, 7) is 13.3. The van der Waals surface area contributed by atoms with Crippen LogP contribution >= 0.6 is 0 Å². The number of hydrogen-bond donors (Lipinski definition) is 0. The molecule has 1 atom stereocenters. The van der Waals surface area contributed by atoms with Gasteiger partial charge in [-0.05, 0) is 190 Å². The smallest absolute Gasteiger partial charge is 0.0725 e. The van der Waals surface area contributed by atoms with E-state index in [0.717, 1.165) is 22.6 Å². The molecule has 0 saturated heterocycles. The molecule has 0 N–H and O–H groups in total. The Hall–Kier alpha value is -9.04. The third kappa shape index (κ3) is 6.77. The lowest BCUT2D eigenvalue weighted by Crippen LogP contribution is -2.26. The second kappa shape index (κ2) is 17.0. The molecule has 0 fully saturated rings. The van der Waals surface area contributed by atoms with Crippen LogP contribution in [0.25, 0.3) is 84.0 Å². The molecule has 11 aromatic rings. The first kappa shape index (κ1) is 44.6. The average molecular weight is 958 g/mol. The number of aryl methyl sites for hydroxylation is 2. The van der Waals surface area contributed by atoms with Crippen molar-refractivity contribution in [3.63, 3.8) is 0 Å². The van der Waals surface area contributed by atoms with Gasteiger partial charge in [-0.25, -0.2) is 0 Å². The van der Waals surface area contributed by atoms with E-state index in [-0.39, 0.29) is 5.41 Å². The molecule has 0 amide bonds. The van der Waals surface area contributed by atoms with E-state index in [1.807, 2.05) is 6.08 Å². The standard InChI is InChI=1S/C74H55N/c1-6-49-24-26-52(27-25-49)54-32-39-63-60-19-11-14-22-68(60)74(71(63)44-54)69-23-15-12-20-61(69)64-40-33-55(45-72(64)74)66-43-47(2)65(42-48(66)3)53-30-36-57(37-31-53)75(56-34-28-51(29-35-56)50-16-8-7-9-17-50)58-38-41-62-59-18-10-13-21-67(59)73(4,5)70(62)46-58/h6-46H,1H2,2-5H3. The number of benzene rings is 11. The van der Waals surface area contributed by atoms with Crippen LogP contribution in [-0.2, 0) is 10.8 Å². The van der Waals surface area contributed by atoms with Gasteiger partial charge in [0.25, 0.3) is 0 Å². The summed E-state index contributed by atoms with van der Waals surface area (Å²) in [5, 5.41) is 0. The van der Waals surface area contributed by atoms with E-state index in [1.54, 1.807) is 0 Å². The van der Waals surface area contributed by atoms with Gasteiger partial charge in [0.1, 0.15) is 0 Å². The lowest BCUT2D eigenvalue weighted by atomic mass is 9.70. The van der Waals surface area contributed by atoms with Crippen LogP contribution in [0.1, 0.15) is 63.9 Å². The molecule has 1 heteroatoms. The molecule has 3 aliphatic carbocycles. The minimum absolute atomic E-state index is 0.112. The molecule has 0 aromatic heterocycles. The fraction of sp³-hybridized carbons (Fsp3) is 0.0811. The molecule has 0 aliphatic heterocycles. The van der Waals surface area contributed by atoms with Gasteiger partial charge in [-0.2, -0.15) is 0 Å². The Labute approximate surface area is 441 Å². The molecule has 11 aromatic carbocycles. The minimum Gasteiger partial charge on any atom is -0.310 e. The SMILES string of the molecule is C=Cc1ccc(-c2ccc3c(c2)C2(c4ccccc4-3)c3ccccc3-c3ccc(-c4cc(C)c(-c5ccc(N(c6ccc(-c7ccccc7)cc6)c6ccc7c(c6)C(C)(C)c6ccccc6-7)cc5)cc4C)cc32)cc1. The van der Waals surface area contributed by atoms with Crippen molar-refractivity contribution >= 4 is 23.1 Å². The Bertz CT molecular complexity index is 4090. The number of hydrogen-bond acceptors (Lipinski definition) is 1. The highest BCUT2D eigenvalue weighted by Gasteiger charge is 2.52. The van der Waals surface area contributed by atoms with E-state index >= 15 is 0 Å². The first-order valence-electron chi connectivity index (χ1n) is 26.3. The second-order valence-electron chi connectivity index (χ2n) is 21.4. The maximum atomic E-state index is 4.00. The number of fused-ring (bicyclic) bond motifs is 13. The Morgan fingerprint density at radius 2 is 0.707 bits per heavy atom. The van der Waals surface area contributed by atoms with Crippen LogP contribution in [-0.4, -0.2) is 0 Å². The van der Waals surface area contributed by atoms with Crippen molar-refractivity contribution in [2.45, 2.75) is 38.5 Å². The first-order valence-corrected chi connectivity index (χ1v) is 26.3. The van der Waals surface area contributed by atoms with Gasteiger partial charge in [0.05, 0.1) is 5.41 Å². The summed E-state index contributed by atoms with van der Waals surface area (Å²) < 4.78 is 0. The number of anilines is 3. The molecular weight excluding hydrogens is 903 g/mol. The lowest BCUT2D eigenvalue weighted by Gasteiger charge is -2.31. The predicted molar refractivity (Wildman–Crippen MR) is 316 cm³/mol. The molecule has 0 bridgehead atoms. The maximum Gasteiger partial charge on any atom is 0.0725 e. The second-order valence-corrected chi connectivity index (χ2v) is 21.4. The fourth-order valence-corrected chi connectivity index (χ4v) is 13.2. The van der Waals surface area contributed by atoms with Crippen LogP contribution in [0.15, 0.2) is 249 Å². The topological polar surface area (TPSA) is 3.24 Å². The van der Waals surface area contributed by atoms with Crippen molar-refractivity contribution in [1.29, 1.82) is 0 Å². The van der Waals surface area contributed by atoms with Gasteiger partial charge in [0.15, 0.2) is 0 Å². The molecular formula is C74H55N. The monoisotopic (exact) mass is 957 g/mol. The van der Waals surface area contributed by atoms with Gasteiger partial charge in [-0.3, -0.25) is 0 Å². The molecule has 1 spiro atoms. The van der Waals surface area contributed by atoms with Crippen molar-refractivity contribution in [3.8, 4) is 77.9 Å². The molecule has 356 valence electrons. The van der Waals surface area contributed by atoms with E-state index in [4.69, 9.17) is 0 Å². The summed E-state index contributed by atoms with van der Waals surface area (Å²) in [4.78, 5) is 2.42. The summed E-state index contributed by atoms with van der Waals surface area (Å²) in [6, 6.07) is 91.0.